The monoisotopic (exact) mass is 536 g/mol. The number of carbonyl (C=O) groups is 2. The molecule has 0 aliphatic rings. The molecule has 180 valence electrons. The average molecular weight is 538 g/mol. The number of rotatable bonds is 12. The van der Waals surface area contributed by atoms with Crippen molar-refractivity contribution in [2.45, 2.75) is 65.5 Å². The Morgan fingerprint density at radius 3 is 2.39 bits per heavy atom. The highest BCUT2D eigenvalue weighted by Gasteiger charge is 2.29. The molecule has 0 saturated heterocycles. The molecule has 0 aliphatic carbocycles. The molecule has 33 heavy (non-hydrogen) atoms. The van der Waals surface area contributed by atoms with E-state index in [1.165, 1.54) is 5.56 Å². The quantitative estimate of drug-likeness (QED) is 0.322. The van der Waals surface area contributed by atoms with Crippen molar-refractivity contribution in [2.24, 2.45) is 0 Å². The predicted molar refractivity (Wildman–Crippen MR) is 138 cm³/mol. The van der Waals surface area contributed by atoms with Gasteiger partial charge in [0.25, 0.3) is 5.91 Å². The number of ether oxygens (including phenoxy) is 1. The topological polar surface area (TPSA) is 58.6 Å². The van der Waals surface area contributed by atoms with Crippen LogP contribution in [0.5, 0.6) is 5.75 Å². The number of carbonyl (C=O) groups excluding carboxylic acids is 2. The van der Waals surface area contributed by atoms with Gasteiger partial charge in [-0.15, -0.1) is 0 Å². The van der Waals surface area contributed by atoms with Crippen LogP contribution in [0.1, 0.15) is 64.0 Å². The maximum absolute atomic E-state index is 13.3. The molecule has 1 atom stereocenters. The van der Waals surface area contributed by atoms with Crippen LogP contribution in [0.15, 0.2) is 46.9 Å². The zero-order chi connectivity index (χ0) is 24.4. The largest absolute Gasteiger partial charge is 0.483 e. The minimum absolute atomic E-state index is 0.143. The molecule has 0 bridgehead atoms. The van der Waals surface area contributed by atoms with Crippen LogP contribution < -0.4 is 10.1 Å². The van der Waals surface area contributed by atoms with Crippen LogP contribution in [0.2, 0.25) is 5.02 Å². The number of nitrogens with one attached hydrogen (secondary N) is 1. The Labute approximate surface area is 211 Å². The van der Waals surface area contributed by atoms with Crippen molar-refractivity contribution in [1.82, 2.24) is 10.2 Å². The molecule has 0 unspecified atom stereocenters. The highest BCUT2D eigenvalue weighted by atomic mass is 79.9. The molecule has 0 radical (unpaired) electrons. The Kier molecular flexibility index (Phi) is 11.2. The van der Waals surface area contributed by atoms with Gasteiger partial charge in [-0.3, -0.25) is 9.59 Å². The molecule has 0 spiro atoms. The van der Waals surface area contributed by atoms with Gasteiger partial charge in [-0.2, -0.15) is 0 Å². The van der Waals surface area contributed by atoms with Gasteiger partial charge in [0.05, 0.1) is 4.47 Å². The summed E-state index contributed by atoms with van der Waals surface area (Å²) in [5, 5.41) is 3.59. The number of hydrogen-bond donors (Lipinski definition) is 1. The number of hydrogen-bond acceptors (Lipinski definition) is 3. The van der Waals surface area contributed by atoms with Gasteiger partial charge in [0.2, 0.25) is 5.91 Å². The van der Waals surface area contributed by atoms with Crippen LogP contribution >= 0.6 is 27.5 Å². The van der Waals surface area contributed by atoms with Crippen LogP contribution in [-0.4, -0.2) is 35.9 Å². The number of halogens is 2. The highest BCUT2D eigenvalue weighted by molar-refractivity contribution is 9.10. The van der Waals surface area contributed by atoms with Crippen LogP contribution in [0.4, 0.5) is 0 Å². The lowest BCUT2D eigenvalue weighted by atomic mass is 10.0. The fourth-order valence-corrected chi connectivity index (χ4v) is 4.06. The molecule has 7 heteroatoms. The van der Waals surface area contributed by atoms with E-state index in [0.717, 1.165) is 22.9 Å². The Morgan fingerprint density at radius 2 is 1.82 bits per heavy atom. The van der Waals surface area contributed by atoms with E-state index in [1.807, 2.05) is 37.3 Å². The van der Waals surface area contributed by atoms with Gasteiger partial charge in [0, 0.05) is 18.1 Å². The van der Waals surface area contributed by atoms with E-state index in [2.05, 4.69) is 42.0 Å². The third-order valence-corrected chi connectivity index (χ3v) is 6.33. The molecule has 2 aromatic carbocycles. The summed E-state index contributed by atoms with van der Waals surface area (Å²) in [4.78, 5) is 27.8. The maximum atomic E-state index is 13.3. The summed E-state index contributed by atoms with van der Waals surface area (Å²) in [6.45, 7) is 8.96. The first kappa shape index (κ1) is 27.2. The molecule has 1 N–H and O–H groups in total. The predicted octanol–water partition coefficient (Wildman–Crippen LogP) is 6.33. The Morgan fingerprint density at radius 1 is 1.12 bits per heavy atom. The van der Waals surface area contributed by atoms with Gasteiger partial charge in [-0.05, 0) is 70.1 Å². The maximum Gasteiger partial charge on any atom is 0.261 e. The van der Waals surface area contributed by atoms with Crippen molar-refractivity contribution in [3.8, 4) is 5.75 Å². The highest BCUT2D eigenvalue weighted by Crippen LogP contribution is 2.29. The average Bonchev–Trinajstić information content (AvgIpc) is 2.79. The molecule has 2 amide bonds. The SMILES string of the molecule is CCCCNC(=O)[C@H](CC)N(Cc1ccc(Cl)cc1)C(=O)COc1ccc(C(C)C)cc1Br. The summed E-state index contributed by atoms with van der Waals surface area (Å²) in [6, 6.07) is 12.6. The fourth-order valence-electron chi connectivity index (χ4n) is 3.43. The van der Waals surface area contributed by atoms with Gasteiger partial charge in [-0.25, -0.2) is 0 Å². The summed E-state index contributed by atoms with van der Waals surface area (Å²) in [6.07, 6.45) is 2.39. The molecule has 0 heterocycles. The van der Waals surface area contributed by atoms with Crippen LogP contribution in [0, 0.1) is 0 Å². The molecular formula is C26H34BrClN2O3. The van der Waals surface area contributed by atoms with Gasteiger partial charge in [0.1, 0.15) is 11.8 Å². The zero-order valence-electron chi connectivity index (χ0n) is 19.9. The number of nitrogens with zero attached hydrogens (tertiary/aromatic N) is 1. The van der Waals surface area contributed by atoms with Gasteiger partial charge >= 0.3 is 0 Å². The van der Waals surface area contributed by atoms with Gasteiger partial charge in [-0.1, -0.05) is 63.9 Å². The second kappa shape index (κ2) is 13.6. The Bertz CT molecular complexity index is 918. The van der Waals surface area contributed by atoms with Crippen LogP contribution in [0.3, 0.4) is 0 Å². The summed E-state index contributed by atoms with van der Waals surface area (Å²) < 4.78 is 6.65. The first-order valence-electron chi connectivity index (χ1n) is 11.5. The van der Waals surface area contributed by atoms with Crippen molar-refractivity contribution in [3.63, 3.8) is 0 Å². The first-order chi connectivity index (χ1) is 15.8. The van der Waals surface area contributed by atoms with Crippen molar-refractivity contribution >= 4 is 39.3 Å². The molecule has 2 aromatic rings. The smallest absolute Gasteiger partial charge is 0.261 e. The van der Waals surface area contributed by atoms with Crippen LogP contribution in [-0.2, 0) is 16.1 Å². The summed E-state index contributed by atoms with van der Waals surface area (Å²) in [5.74, 6) is 0.598. The number of amides is 2. The molecule has 0 fully saturated rings. The van der Waals surface area contributed by atoms with Crippen molar-refractivity contribution in [2.75, 3.05) is 13.2 Å². The first-order valence-corrected chi connectivity index (χ1v) is 12.7. The normalized spacial score (nSPS) is 11.8. The van der Waals surface area contributed by atoms with E-state index >= 15 is 0 Å². The Hall–Kier alpha value is -2.05. The molecule has 5 nitrogen and oxygen atoms in total. The summed E-state index contributed by atoms with van der Waals surface area (Å²) >= 11 is 9.55. The number of benzene rings is 2. The zero-order valence-corrected chi connectivity index (χ0v) is 22.2. The van der Waals surface area contributed by atoms with Gasteiger partial charge < -0.3 is 15.0 Å². The third kappa shape index (κ3) is 8.35. The lowest BCUT2D eigenvalue weighted by molar-refractivity contribution is -0.143. The molecule has 0 aromatic heterocycles. The van der Waals surface area contributed by atoms with Crippen molar-refractivity contribution in [1.29, 1.82) is 0 Å². The second-order valence-electron chi connectivity index (χ2n) is 8.35. The second-order valence-corrected chi connectivity index (χ2v) is 9.64. The van der Waals surface area contributed by atoms with E-state index in [4.69, 9.17) is 16.3 Å². The lowest BCUT2D eigenvalue weighted by Crippen LogP contribution is -2.50. The molecular weight excluding hydrogens is 504 g/mol. The van der Waals surface area contributed by atoms with E-state index < -0.39 is 6.04 Å². The Balaban J connectivity index is 2.19. The van der Waals surface area contributed by atoms with E-state index in [-0.39, 0.29) is 18.4 Å². The van der Waals surface area contributed by atoms with E-state index in [9.17, 15) is 9.59 Å². The standard InChI is InChI=1S/C26H34BrClN2O3/c1-5-7-14-29-26(32)23(6-2)30(16-19-8-11-21(28)12-9-19)25(31)17-33-24-13-10-20(18(3)4)15-22(24)27/h8-13,15,18,23H,5-7,14,16-17H2,1-4H3,(H,29,32)/t23-/m0/s1. The summed E-state index contributed by atoms with van der Waals surface area (Å²) in [7, 11) is 0. The minimum atomic E-state index is -0.583. The molecule has 0 aliphatic heterocycles. The lowest BCUT2D eigenvalue weighted by Gasteiger charge is -2.30. The van der Waals surface area contributed by atoms with Crippen molar-refractivity contribution in [3.05, 3.63) is 63.1 Å². The minimum Gasteiger partial charge on any atom is -0.483 e. The van der Waals surface area contributed by atoms with Gasteiger partial charge in [0.15, 0.2) is 6.61 Å². The summed E-state index contributed by atoms with van der Waals surface area (Å²) in [5.41, 5.74) is 2.08. The van der Waals surface area contributed by atoms with E-state index in [1.54, 1.807) is 17.0 Å². The fraction of sp³-hybridized carbons (Fsp3) is 0.462. The number of unbranched alkanes of at least 4 members (excludes halogenated alkanes) is 1. The van der Waals surface area contributed by atoms with Crippen LogP contribution in [0.25, 0.3) is 0 Å². The van der Waals surface area contributed by atoms with Crippen molar-refractivity contribution < 1.29 is 14.3 Å². The van der Waals surface area contributed by atoms with E-state index in [0.29, 0.717) is 36.2 Å². The third-order valence-electron chi connectivity index (χ3n) is 5.46. The molecule has 2 rings (SSSR count). The molecule has 0 saturated carbocycles.